The fourth-order valence-electron chi connectivity index (χ4n) is 1.78. The van der Waals surface area contributed by atoms with E-state index in [4.69, 9.17) is 0 Å². The first kappa shape index (κ1) is 12.4. The molecule has 1 unspecified atom stereocenters. The molecule has 1 saturated heterocycles. The minimum absolute atomic E-state index is 0.0306. The number of nitrogens with zero attached hydrogens (tertiary/aromatic N) is 1. The van der Waals surface area contributed by atoms with Gasteiger partial charge in [-0.05, 0) is 19.1 Å². The van der Waals surface area contributed by atoms with Crippen molar-refractivity contribution in [2.75, 3.05) is 23.4 Å². The predicted molar refractivity (Wildman–Crippen MR) is 71.3 cm³/mol. The first-order valence-corrected chi connectivity index (χ1v) is 6.94. The minimum Gasteiger partial charge on any atom is -0.312 e. The lowest BCUT2D eigenvalue weighted by Gasteiger charge is -2.22. The number of carbonyl (C=O) groups excluding carboxylic acids is 1. The number of aryl methyl sites for hydroxylation is 1. The average Bonchev–Trinajstić information content (AvgIpc) is 2.30. The zero-order chi connectivity index (χ0) is 12.1. The van der Waals surface area contributed by atoms with E-state index in [2.05, 4.69) is 15.6 Å². The molecule has 1 atom stereocenters. The highest BCUT2D eigenvalue weighted by atomic mass is 32.2. The molecule has 17 heavy (non-hydrogen) atoms. The molecule has 1 aromatic rings. The van der Waals surface area contributed by atoms with Crippen LogP contribution in [-0.4, -0.2) is 35.0 Å². The summed E-state index contributed by atoms with van der Waals surface area (Å²) < 4.78 is 0. The Morgan fingerprint density at radius 1 is 1.65 bits per heavy atom. The summed E-state index contributed by atoms with van der Waals surface area (Å²) >= 11 is 1.90. The number of rotatable bonds is 3. The van der Waals surface area contributed by atoms with Crippen LogP contribution in [0.4, 0.5) is 5.82 Å². The first-order chi connectivity index (χ1) is 8.24. The van der Waals surface area contributed by atoms with Crippen LogP contribution in [0.3, 0.4) is 0 Å². The van der Waals surface area contributed by atoms with E-state index in [-0.39, 0.29) is 5.91 Å². The van der Waals surface area contributed by atoms with Gasteiger partial charge in [-0.2, -0.15) is 11.8 Å². The maximum absolute atomic E-state index is 11.8. The number of hydrogen-bond donors (Lipinski definition) is 2. The Morgan fingerprint density at radius 3 is 3.24 bits per heavy atom. The van der Waals surface area contributed by atoms with Gasteiger partial charge in [0.05, 0.1) is 0 Å². The molecule has 2 rings (SSSR count). The van der Waals surface area contributed by atoms with E-state index < -0.39 is 0 Å². The third-order valence-corrected chi connectivity index (χ3v) is 3.72. The second kappa shape index (κ2) is 6.02. The molecule has 5 heteroatoms. The molecule has 0 radical (unpaired) electrons. The summed E-state index contributed by atoms with van der Waals surface area (Å²) in [5.74, 6) is 2.81. The monoisotopic (exact) mass is 251 g/mol. The third kappa shape index (κ3) is 4.02. The molecule has 0 spiro atoms. The van der Waals surface area contributed by atoms with Crippen molar-refractivity contribution >= 4 is 23.5 Å². The van der Waals surface area contributed by atoms with E-state index in [1.165, 1.54) is 0 Å². The van der Waals surface area contributed by atoms with E-state index in [1.54, 1.807) is 0 Å². The van der Waals surface area contributed by atoms with Crippen molar-refractivity contribution < 1.29 is 4.79 Å². The third-order valence-electron chi connectivity index (χ3n) is 2.59. The molecular weight excluding hydrogens is 234 g/mol. The van der Waals surface area contributed by atoms with Gasteiger partial charge in [-0.3, -0.25) is 4.79 Å². The topological polar surface area (TPSA) is 54.0 Å². The lowest BCUT2D eigenvalue weighted by atomic mass is 10.2. The molecule has 0 bridgehead atoms. The summed E-state index contributed by atoms with van der Waals surface area (Å²) in [5.41, 5.74) is 0.911. The maximum Gasteiger partial charge on any atom is 0.227 e. The molecule has 2 N–H and O–H groups in total. The second-order valence-corrected chi connectivity index (χ2v) is 5.29. The largest absolute Gasteiger partial charge is 0.312 e. The molecule has 1 aliphatic heterocycles. The first-order valence-electron chi connectivity index (χ1n) is 5.78. The van der Waals surface area contributed by atoms with Crippen LogP contribution in [0.2, 0.25) is 0 Å². The Bertz CT molecular complexity index is 391. The van der Waals surface area contributed by atoms with Crippen molar-refractivity contribution in [2.24, 2.45) is 0 Å². The number of pyridine rings is 1. The summed E-state index contributed by atoms with van der Waals surface area (Å²) in [6, 6.07) is 5.91. The van der Waals surface area contributed by atoms with Gasteiger partial charge < -0.3 is 10.6 Å². The molecule has 0 aliphatic carbocycles. The van der Waals surface area contributed by atoms with Gasteiger partial charge in [0.15, 0.2) is 0 Å². The number of carbonyl (C=O) groups is 1. The summed E-state index contributed by atoms with van der Waals surface area (Å²) in [5, 5.41) is 6.18. The van der Waals surface area contributed by atoms with Crippen molar-refractivity contribution in [1.82, 2.24) is 10.3 Å². The number of hydrogen-bond acceptors (Lipinski definition) is 4. The Hall–Kier alpha value is -1.07. The quantitative estimate of drug-likeness (QED) is 0.853. The molecular formula is C12H17N3OS. The Kier molecular flexibility index (Phi) is 4.39. The number of anilines is 1. The number of aromatic nitrogens is 1. The van der Waals surface area contributed by atoms with Crippen LogP contribution in [0.25, 0.3) is 0 Å². The van der Waals surface area contributed by atoms with E-state index in [1.807, 2.05) is 36.9 Å². The second-order valence-electron chi connectivity index (χ2n) is 4.14. The number of nitrogens with one attached hydrogen (secondary N) is 2. The lowest BCUT2D eigenvalue weighted by Crippen LogP contribution is -2.39. The van der Waals surface area contributed by atoms with Crippen molar-refractivity contribution in [2.45, 2.75) is 19.4 Å². The summed E-state index contributed by atoms with van der Waals surface area (Å²) in [7, 11) is 0. The van der Waals surface area contributed by atoms with Gasteiger partial charge in [0.25, 0.3) is 0 Å². The molecule has 1 aliphatic rings. The highest BCUT2D eigenvalue weighted by molar-refractivity contribution is 7.99. The van der Waals surface area contributed by atoms with E-state index >= 15 is 0 Å². The van der Waals surface area contributed by atoms with Gasteiger partial charge in [0.1, 0.15) is 5.82 Å². The Morgan fingerprint density at radius 2 is 2.53 bits per heavy atom. The van der Waals surface area contributed by atoms with Gasteiger partial charge in [-0.25, -0.2) is 4.98 Å². The van der Waals surface area contributed by atoms with E-state index in [0.29, 0.717) is 18.3 Å². The number of thioether (sulfide) groups is 1. The zero-order valence-electron chi connectivity index (χ0n) is 9.90. The zero-order valence-corrected chi connectivity index (χ0v) is 10.7. The molecule has 1 aromatic heterocycles. The van der Waals surface area contributed by atoms with Crippen LogP contribution >= 0.6 is 11.8 Å². The van der Waals surface area contributed by atoms with E-state index in [0.717, 1.165) is 23.7 Å². The lowest BCUT2D eigenvalue weighted by molar-refractivity contribution is -0.116. The highest BCUT2D eigenvalue weighted by Crippen LogP contribution is 2.11. The summed E-state index contributed by atoms with van der Waals surface area (Å²) in [6.07, 6.45) is 0.516. The van der Waals surface area contributed by atoms with Crippen LogP contribution in [0.1, 0.15) is 12.1 Å². The predicted octanol–water partition coefficient (Wildman–Crippen LogP) is 1.42. The molecule has 1 amide bonds. The molecule has 2 heterocycles. The fourth-order valence-corrected chi connectivity index (χ4v) is 2.73. The molecule has 4 nitrogen and oxygen atoms in total. The maximum atomic E-state index is 11.8. The average molecular weight is 251 g/mol. The van der Waals surface area contributed by atoms with Gasteiger partial charge in [0, 0.05) is 36.2 Å². The van der Waals surface area contributed by atoms with Crippen LogP contribution in [0.15, 0.2) is 18.2 Å². The van der Waals surface area contributed by atoms with Crippen LogP contribution < -0.4 is 10.6 Å². The SMILES string of the molecule is Cc1cccc(NC(=O)CC2CSCCN2)n1. The van der Waals surface area contributed by atoms with Gasteiger partial charge in [-0.1, -0.05) is 6.07 Å². The molecule has 0 saturated carbocycles. The molecule has 1 fully saturated rings. The molecule has 92 valence electrons. The minimum atomic E-state index is 0.0306. The molecule has 0 aromatic carbocycles. The van der Waals surface area contributed by atoms with Gasteiger partial charge in [-0.15, -0.1) is 0 Å². The highest BCUT2D eigenvalue weighted by Gasteiger charge is 2.16. The Balaban J connectivity index is 1.84. The van der Waals surface area contributed by atoms with Crippen LogP contribution in [0.5, 0.6) is 0 Å². The standard InChI is InChI=1S/C12H17N3OS/c1-9-3-2-4-11(14-9)15-12(16)7-10-8-17-6-5-13-10/h2-4,10,13H,5-8H2,1H3,(H,14,15,16). The normalized spacial score (nSPS) is 19.9. The van der Waals surface area contributed by atoms with Crippen LogP contribution in [0, 0.1) is 6.92 Å². The van der Waals surface area contributed by atoms with Crippen molar-refractivity contribution in [3.63, 3.8) is 0 Å². The van der Waals surface area contributed by atoms with E-state index in [9.17, 15) is 4.79 Å². The van der Waals surface area contributed by atoms with Crippen molar-refractivity contribution in [3.05, 3.63) is 23.9 Å². The number of amides is 1. The van der Waals surface area contributed by atoms with Gasteiger partial charge >= 0.3 is 0 Å². The Labute approximate surface area is 106 Å². The smallest absolute Gasteiger partial charge is 0.227 e. The fraction of sp³-hybridized carbons (Fsp3) is 0.500. The van der Waals surface area contributed by atoms with Gasteiger partial charge in [0.2, 0.25) is 5.91 Å². The van der Waals surface area contributed by atoms with Crippen molar-refractivity contribution in [3.8, 4) is 0 Å². The van der Waals surface area contributed by atoms with Crippen molar-refractivity contribution in [1.29, 1.82) is 0 Å². The van der Waals surface area contributed by atoms with Crippen LogP contribution in [-0.2, 0) is 4.79 Å². The summed E-state index contributed by atoms with van der Waals surface area (Å²) in [6.45, 7) is 2.90. The summed E-state index contributed by atoms with van der Waals surface area (Å²) in [4.78, 5) is 16.0.